The number of halogens is 2. The van der Waals surface area contributed by atoms with Crippen molar-refractivity contribution in [3.05, 3.63) is 166 Å². The Labute approximate surface area is 230 Å². The van der Waals surface area contributed by atoms with Gasteiger partial charge in [-0.2, -0.15) is 0 Å². The van der Waals surface area contributed by atoms with Crippen molar-refractivity contribution in [3.63, 3.8) is 0 Å². The smallest absolute Gasteiger partial charge is 0.131 e. The number of benzene rings is 5. The molecule has 0 N–H and O–H groups in total. The molecule has 0 nitrogen and oxygen atoms in total. The van der Waals surface area contributed by atoms with Crippen molar-refractivity contribution in [2.45, 2.75) is 32.1 Å². The summed E-state index contributed by atoms with van der Waals surface area (Å²) in [6, 6.07) is 39.3. The Kier molecular flexibility index (Phi) is 8.43. The molecule has 0 heterocycles. The molecule has 0 saturated heterocycles. The van der Waals surface area contributed by atoms with E-state index in [1.54, 1.807) is 6.07 Å². The van der Waals surface area contributed by atoms with E-state index in [0.29, 0.717) is 11.5 Å². The van der Waals surface area contributed by atoms with Crippen LogP contribution in [0.3, 0.4) is 0 Å². The van der Waals surface area contributed by atoms with Crippen molar-refractivity contribution in [2.24, 2.45) is 0 Å². The van der Waals surface area contributed by atoms with Gasteiger partial charge in [0.25, 0.3) is 0 Å². The van der Waals surface area contributed by atoms with Crippen LogP contribution in [0.15, 0.2) is 121 Å². The van der Waals surface area contributed by atoms with Crippen LogP contribution in [-0.4, -0.2) is 0 Å². The van der Waals surface area contributed by atoms with Crippen LogP contribution in [0.1, 0.15) is 46.2 Å². The fraction of sp³-hybridized carbons (Fsp3) is 0.135. The van der Waals surface area contributed by atoms with E-state index < -0.39 is 0 Å². The summed E-state index contributed by atoms with van der Waals surface area (Å²) in [7, 11) is 0. The Morgan fingerprint density at radius 3 is 1.82 bits per heavy atom. The van der Waals surface area contributed by atoms with E-state index in [9.17, 15) is 8.78 Å². The van der Waals surface area contributed by atoms with Crippen molar-refractivity contribution in [2.75, 3.05) is 0 Å². The van der Waals surface area contributed by atoms with Crippen LogP contribution in [0.5, 0.6) is 0 Å². The Bertz CT molecular complexity index is 1510. The normalized spacial score (nSPS) is 12.1. The molecule has 0 spiro atoms. The van der Waals surface area contributed by atoms with Gasteiger partial charge in [-0.05, 0) is 82.3 Å². The van der Waals surface area contributed by atoms with Crippen LogP contribution in [0.25, 0.3) is 23.3 Å². The van der Waals surface area contributed by atoms with Gasteiger partial charge in [-0.25, -0.2) is 8.78 Å². The van der Waals surface area contributed by atoms with Crippen LogP contribution in [0, 0.1) is 11.6 Å². The average Bonchev–Trinajstić information content (AvgIpc) is 2.97. The van der Waals surface area contributed by atoms with Crippen molar-refractivity contribution in [3.8, 4) is 11.1 Å². The molecule has 5 rings (SSSR count). The van der Waals surface area contributed by atoms with E-state index in [4.69, 9.17) is 0 Å². The quantitative estimate of drug-likeness (QED) is 0.172. The molecule has 0 aliphatic heterocycles. The summed E-state index contributed by atoms with van der Waals surface area (Å²) in [4.78, 5) is 0. The molecule has 0 radical (unpaired) electrons. The predicted octanol–water partition coefficient (Wildman–Crippen LogP) is 9.93. The fourth-order valence-corrected chi connectivity index (χ4v) is 4.85. The minimum Gasteiger partial charge on any atom is -0.207 e. The molecule has 194 valence electrons. The summed E-state index contributed by atoms with van der Waals surface area (Å²) >= 11 is 0. The number of hydrogen-bond donors (Lipinski definition) is 0. The first-order valence-electron chi connectivity index (χ1n) is 13.5. The highest BCUT2D eigenvalue weighted by molar-refractivity contribution is 5.72. The van der Waals surface area contributed by atoms with Gasteiger partial charge in [0.1, 0.15) is 11.6 Å². The Hall–Kier alpha value is -4.30. The van der Waals surface area contributed by atoms with Crippen LogP contribution >= 0.6 is 0 Å². The van der Waals surface area contributed by atoms with E-state index in [2.05, 4.69) is 67.6 Å². The number of rotatable bonds is 9. The van der Waals surface area contributed by atoms with E-state index in [0.717, 1.165) is 41.5 Å². The van der Waals surface area contributed by atoms with Crippen molar-refractivity contribution >= 4 is 12.2 Å². The lowest BCUT2D eigenvalue weighted by atomic mass is 9.93. The minimum absolute atomic E-state index is 0.209. The zero-order valence-electron chi connectivity index (χ0n) is 22.2. The highest BCUT2D eigenvalue weighted by Crippen LogP contribution is 2.26. The topological polar surface area (TPSA) is 0 Å². The molecule has 5 aromatic carbocycles. The molecule has 0 saturated carbocycles. The first-order chi connectivity index (χ1) is 19.0. The second-order valence-corrected chi connectivity index (χ2v) is 10.2. The van der Waals surface area contributed by atoms with Gasteiger partial charge >= 0.3 is 0 Å². The molecule has 1 atom stereocenters. The first kappa shape index (κ1) is 26.3. The maximum Gasteiger partial charge on any atom is 0.131 e. The highest BCUT2D eigenvalue weighted by Gasteiger charge is 2.08. The van der Waals surface area contributed by atoms with E-state index in [1.807, 2.05) is 54.6 Å². The van der Waals surface area contributed by atoms with Crippen molar-refractivity contribution < 1.29 is 8.78 Å². The van der Waals surface area contributed by atoms with Crippen molar-refractivity contribution in [1.82, 2.24) is 0 Å². The van der Waals surface area contributed by atoms with Gasteiger partial charge < -0.3 is 0 Å². The Morgan fingerprint density at radius 1 is 0.590 bits per heavy atom. The fourth-order valence-electron chi connectivity index (χ4n) is 4.85. The molecular weight excluding hydrogens is 482 g/mol. The lowest BCUT2D eigenvalue weighted by Crippen LogP contribution is -1.98. The standard InChI is InChI=1S/C37H32F2/c1-27(32-5-3-2-4-6-32)25-31-14-18-33(19-15-31)35-22-21-34(37(39)26-35)20-13-29-10-7-28(8-11-29)9-12-30-16-23-36(38)24-17-30/h2-8,10-11,13-24,26-27H,9,12,25H2,1H3/b20-13+. The zero-order chi connectivity index (χ0) is 27.0. The summed E-state index contributed by atoms with van der Waals surface area (Å²) in [6.07, 6.45) is 6.48. The van der Waals surface area contributed by atoms with E-state index in [-0.39, 0.29) is 11.6 Å². The third-order valence-electron chi connectivity index (χ3n) is 7.25. The van der Waals surface area contributed by atoms with Gasteiger partial charge in [-0.3, -0.25) is 0 Å². The SMILES string of the molecule is CC(Cc1ccc(-c2ccc(/C=C/c3ccc(CCc4ccc(F)cc4)cc3)c(F)c2)cc1)c1ccccc1. The summed E-state index contributed by atoms with van der Waals surface area (Å²) in [6.45, 7) is 2.25. The number of aryl methyl sites for hydroxylation is 2. The largest absolute Gasteiger partial charge is 0.207 e. The minimum atomic E-state index is -0.235. The molecular formula is C37H32F2. The third kappa shape index (κ3) is 7.18. The Morgan fingerprint density at radius 2 is 1.18 bits per heavy atom. The third-order valence-corrected chi connectivity index (χ3v) is 7.25. The maximum atomic E-state index is 15.0. The summed E-state index contributed by atoms with van der Waals surface area (Å²) in [5.74, 6) is -0.000829. The molecule has 0 fully saturated rings. The second-order valence-electron chi connectivity index (χ2n) is 10.2. The molecule has 0 aromatic heterocycles. The van der Waals surface area contributed by atoms with Gasteiger partial charge in [0.2, 0.25) is 0 Å². The van der Waals surface area contributed by atoms with Crippen molar-refractivity contribution in [1.29, 1.82) is 0 Å². The molecule has 5 aromatic rings. The van der Waals surface area contributed by atoms with Crippen LogP contribution in [0.2, 0.25) is 0 Å². The summed E-state index contributed by atoms with van der Waals surface area (Å²) < 4.78 is 28.0. The zero-order valence-corrected chi connectivity index (χ0v) is 22.2. The average molecular weight is 515 g/mol. The first-order valence-corrected chi connectivity index (χ1v) is 13.5. The summed E-state index contributed by atoms with van der Waals surface area (Å²) in [5.41, 5.74) is 8.41. The van der Waals surface area contributed by atoms with Crippen LogP contribution < -0.4 is 0 Å². The molecule has 0 aliphatic rings. The molecule has 1 unspecified atom stereocenters. The monoisotopic (exact) mass is 514 g/mol. The lowest BCUT2D eigenvalue weighted by Gasteiger charge is -2.12. The second kappa shape index (κ2) is 12.5. The van der Waals surface area contributed by atoms with Gasteiger partial charge in [-0.15, -0.1) is 0 Å². The predicted molar refractivity (Wildman–Crippen MR) is 160 cm³/mol. The van der Waals surface area contributed by atoms with Gasteiger partial charge in [0.15, 0.2) is 0 Å². The Balaban J connectivity index is 1.18. The maximum absolute atomic E-state index is 15.0. The molecule has 0 bridgehead atoms. The van der Waals surface area contributed by atoms with Crippen LogP contribution in [0.4, 0.5) is 8.78 Å². The lowest BCUT2D eigenvalue weighted by molar-refractivity contribution is 0.625. The van der Waals surface area contributed by atoms with Gasteiger partial charge in [-0.1, -0.05) is 122 Å². The number of hydrogen-bond acceptors (Lipinski definition) is 0. The molecule has 0 aliphatic carbocycles. The molecule has 0 amide bonds. The molecule has 39 heavy (non-hydrogen) atoms. The van der Waals surface area contributed by atoms with E-state index in [1.165, 1.54) is 28.8 Å². The molecule has 2 heteroatoms. The van der Waals surface area contributed by atoms with Gasteiger partial charge in [0, 0.05) is 5.56 Å². The highest BCUT2D eigenvalue weighted by atomic mass is 19.1. The van der Waals surface area contributed by atoms with Gasteiger partial charge in [0.05, 0.1) is 0 Å². The summed E-state index contributed by atoms with van der Waals surface area (Å²) in [5, 5.41) is 0. The van der Waals surface area contributed by atoms with E-state index >= 15 is 0 Å². The van der Waals surface area contributed by atoms with Crippen LogP contribution in [-0.2, 0) is 19.3 Å².